The summed E-state index contributed by atoms with van der Waals surface area (Å²) in [5.74, 6) is -0.0329. The number of carbonyl (C=O) groups excluding carboxylic acids is 1. The fourth-order valence-corrected chi connectivity index (χ4v) is 2.76. The summed E-state index contributed by atoms with van der Waals surface area (Å²) in [6.45, 7) is 2.67. The van der Waals surface area contributed by atoms with Crippen LogP contribution in [0.2, 0.25) is 5.02 Å². The Hall–Kier alpha value is -2.00. The van der Waals surface area contributed by atoms with Gasteiger partial charge in [0.05, 0.1) is 0 Å². The molecule has 0 fully saturated rings. The highest BCUT2D eigenvalue weighted by Crippen LogP contribution is 2.33. The smallest absolute Gasteiger partial charge is 0.258 e. The van der Waals surface area contributed by atoms with Crippen LogP contribution in [0.3, 0.4) is 0 Å². The maximum absolute atomic E-state index is 12.6. The first-order valence-corrected chi connectivity index (χ1v) is 6.90. The number of nitrogen functional groups attached to an aromatic ring is 1. The van der Waals surface area contributed by atoms with Crippen molar-refractivity contribution < 1.29 is 4.79 Å². The molecule has 0 atom stereocenters. The van der Waals surface area contributed by atoms with E-state index in [0.717, 1.165) is 23.4 Å². The van der Waals surface area contributed by atoms with E-state index in [-0.39, 0.29) is 5.91 Å². The summed E-state index contributed by atoms with van der Waals surface area (Å²) < 4.78 is 0. The van der Waals surface area contributed by atoms with Crippen LogP contribution < -0.4 is 10.6 Å². The van der Waals surface area contributed by atoms with E-state index in [9.17, 15) is 4.79 Å². The Morgan fingerprint density at radius 3 is 2.85 bits per heavy atom. The predicted octanol–water partition coefficient (Wildman–Crippen LogP) is 3.43. The van der Waals surface area contributed by atoms with Crippen molar-refractivity contribution in [3.63, 3.8) is 0 Å². The lowest BCUT2D eigenvalue weighted by atomic mass is 10.1. The van der Waals surface area contributed by atoms with E-state index in [1.54, 1.807) is 29.2 Å². The minimum atomic E-state index is -0.0329. The van der Waals surface area contributed by atoms with Crippen molar-refractivity contribution in [2.75, 3.05) is 17.2 Å². The monoisotopic (exact) mass is 286 g/mol. The second-order valence-corrected chi connectivity index (χ2v) is 5.49. The zero-order chi connectivity index (χ0) is 14.3. The molecule has 1 aliphatic heterocycles. The molecule has 0 saturated heterocycles. The predicted molar refractivity (Wildman–Crippen MR) is 82.4 cm³/mol. The van der Waals surface area contributed by atoms with Gasteiger partial charge in [0.1, 0.15) is 0 Å². The molecule has 20 heavy (non-hydrogen) atoms. The molecule has 1 aliphatic rings. The van der Waals surface area contributed by atoms with Gasteiger partial charge in [-0.05, 0) is 48.7 Å². The third-order valence-corrected chi connectivity index (χ3v) is 3.91. The zero-order valence-corrected chi connectivity index (χ0v) is 11.9. The minimum Gasteiger partial charge on any atom is -0.398 e. The number of halogens is 1. The lowest BCUT2D eigenvalue weighted by molar-refractivity contribution is 0.0989. The number of fused-ring (bicyclic) bond motifs is 1. The van der Waals surface area contributed by atoms with Crippen LogP contribution in [0.25, 0.3) is 0 Å². The molecular formula is C16H15ClN2O. The fourth-order valence-electron chi connectivity index (χ4n) is 2.56. The first-order chi connectivity index (χ1) is 9.56. The van der Waals surface area contributed by atoms with E-state index < -0.39 is 0 Å². The van der Waals surface area contributed by atoms with Gasteiger partial charge < -0.3 is 10.6 Å². The van der Waals surface area contributed by atoms with Gasteiger partial charge in [0.15, 0.2) is 0 Å². The normalized spacial score (nSPS) is 13.4. The van der Waals surface area contributed by atoms with Crippen molar-refractivity contribution in [3.8, 4) is 0 Å². The SMILES string of the molecule is Cc1cc2c(cc1N)N(C(=O)c1cccc(Cl)c1)CC2. The van der Waals surface area contributed by atoms with E-state index in [1.165, 1.54) is 5.56 Å². The van der Waals surface area contributed by atoms with Crippen LogP contribution in [0.1, 0.15) is 21.5 Å². The zero-order valence-electron chi connectivity index (χ0n) is 11.2. The maximum Gasteiger partial charge on any atom is 0.258 e. The van der Waals surface area contributed by atoms with E-state index in [4.69, 9.17) is 17.3 Å². The van der Waals surface area contributed by atoms with Crippen molar-refractivity contribution >= 4 is 28.9 Å². The Balaban J connectivity index is 1.99. The third-order valence-electron chi connectivity index (χ3n) is 3.68. The molecule has 2 N–H and O–H groups in total. The fraction of sp³-hybridized carbons (Fsp3) is 0.188. The number of nitrogens with two attached hydrogens (primary N) is 1. The Morgan fingerprint density at radius 1 is 1.30 bits per heavy atom. The lowest BCUT2D eigenvalue weighted by Crippen LogP contribution is -2.28. The van der Waals surface area contributed by atoms with Crippen LogP contribution in [0.5, 0.6) is 0 Å². The molecular weight excluding hydrogens is 272 g/mol. The van der Waals surface area contributed by atoms with Gasteiger partial charge in [-0.25, -0.2) is 0 Å². The van der Waals surface area contributed by atoms with E-state index in [1.807, 2.05) is 13.0 Å². The molecule has 102 valence electrons. The Bertz CT molecular complexity index is 697. The number of hydrogen-bond donors (Lipinski definition) is 1. The largest absolute Gasteiger partial charge is 0.398 e. The van der Waals surface area contributed by atoms with Crippen LogP contribution in [0.15, 0.2) is 36.4 Å². The number of aryl methyl sites for hydroxylation is 1. The van der Waals surface area contributed by atoms with Crippen LogP contribution in [0.4, 0.5) is 11.4 Å². The quantitative estimate of drug-likeness (QED) is 0.816. The topological polar surface area (TPSA) is 46.3 Å². The number of rotatable bonds is 1. The molecule has 0 aromatic heterocycles. The standard InChI is InChI=1S/C16H15ClN2O/c1-10-7-11-5-6-19(15(11)9-14(10)18)16(20)12-3-2-4-13(17)8-12/h2-4,7-9H,5-6,18H2,1H3. The molecule has 0 saturated carbocycles. The molecule has 3 rings (SSSR count). The van der Waals surface area contributed by atoms with Crippen LogP contribution in [-0.4, -0.2) is 12.5 Å². The first-order valence-electron chi connectivity index (χ1n) is 6.52. The second kappa shape index (κ2) is 4.84. The molecule has 0 bridgehead atoms. The highest BCUT2D eigenvalue weighted by Gasteiger charge is 2.26. The van der Waals surface area contributed by atoms with Crippen molar-refractivity contribution in [2.45, 2.75) is 13.3 Å². The van der Waals surface area contributed by atoms with Gasteiger partial charge in [-0.3, -0.25) is 4.79 Å². The average Bonchev–Trinajstić information content (AvgIpc) is 2.81. The molecule has 0 spiro atoms. The Morgan fingerprint density at radius 2 is 2.10 bits per heavy atom. The summed E-state index contributed by atoms with van der Waals surface area (Å²) in [6, 6.07) is 11.0. The summed E-state index contributed by atoms with van der Waals surface area (Å²) in [4.78, 5) is 14.4. The van der Waals surface area contributed by atoms with Crippen LogP contribution >= 0.6 is 11.6 Å². The molecule has 0 unspecified atom stereocenters. The molecule has 0 radical (unpaired) electrons. The Labute approximate surface area is 123 Å². The highest BCUT2D eigenvalue weighted by molar-refractivity contribution is 6.31. The summed E-state index contributed by atoms with van der Waals surface area (Å²) in [6.07, 6.45) is 0.864. The van der Waals surface area contributed by atoms with E-state index in [0.29, 0.717) is 17.1 Å². The number of anilines is 2. The number of nitrogens with zero attached hydrogens (tertiary/aromatic N) is 1. The van der Waals surface area contributed by atoms with Crippen molar-refractivity contribution in [3.05, 3.63) is 58.1 Å². The molecule has 0 aliphatic carbocycles. The summed E-state index contributed by atoms with van der Waals surface area (Å²) in [7, 11) is 0. The van der Waals surface area contributed by atoms with Gasteiger partial charge in [0.2, 0.25) is 0 Å². The van der Waals surface area contributed by atoms with Gasteiger partial charge in [-0.15, -0.1) is 0 Å². The van der Waals surface area contributed by atoms with E-state index in [2.05, 4.69) is 6.07 Å². The molecule has 2 aromatic rings. The number of benzene rings is 2. The molecule has 1 amide bonds. The molecule has 3 nitrogen and oxygen atoms in total. The van der Waals surface area contributed by atoms with Crippen molar-refractivity contribution in [2.24, 2.45) is 0 Å². The van der Waals surface area contributed by atoms with Gasteiger partial charge in [-0.2, -0.15) is 0 Å². The average molecular weight is 287 g/mol. The van der Waals surface area contributed by atoms with Gasteiger partial charge >= 0.3 is 0 Å². The van der Waals surface area contributed by atoms with Gasteiger partial charge in [0.25, 0.3) is 5.91 Å². The van der Waals surface area contributed by atoms with E-state index >= 15 is 0 Å². The highest BCUT2D eigenvalue weighted by atomic mass is 35.5. The summed E-state index contributed by atoms with van der Waals surface area (Å²) >= 11 is 5.95. The number of amides is 1. The number of carbonyl (C=O) groups is 1. The minimum absolute atomic E-state index is 0.0329. The lowest BCUT2D eigenvalue weighted by Gasteiger charge is -2.18. The maximum atomic E-state index is 12.6. The van der Waals surface area contributed by atoms with Gasteiger partial charge in [-0.1, -0.05) is 23.7 Å². The first kappa shape index (κ1) is 13.0. The summed E-state index contributed by atoms with van der Waals surface area (Å²) in [5, 5.41) is 0.568. The van der Waals surface area contributed by atoms with Crippen molar-refractivity contribution in [1.29, 1.82) is 0 Å². The van der Waals surface area contributed by atoms with Crippen molar-refractivity contribution in [1.82, 2.24) is 0 Å². The Kier molecular flexibility index (Phi) is 3.14. The second-order valence-electron chi connectivity index (χ2n) is 5.05. The van der Waals surface area contributed by atoms with Gasteiger partial charge in [0, 0.05) is 28.5 Å². The summed E-state index contributed by atoms with van der Waals surface area (Å²) in [5.41, 5.74) is 10.4. The third kappa shape index (κ3) is 2.14. The molecule has 4 heteroatoms. The molecule has 2 aromatic carbocycles. The van der Waals surface area contributed by atoms with Crippen LogP contribution in [0, 0.1) is 6.92 Å². The van der Waals surface area contributed by atoms with Crippen LogP contribution in [-0.2, 0) is 6.42 Å². The number of hydrogen-bond acceptors (Lipinski definition) is 2. The molecule has 1 heterocycles.